The monoisotopic (exact) mass is 271 g/mol. The molecule has 5 nitrogen and oxygen atoms in total. The van der Waals surface area contributed by atoms with E-state index in [2.05, 4.69) is 10.6 Å². The molecule has 0 bridgehead atoms. The van der Waals surface area contributed by atoms with Crippen LogP contribution >= 0.6 is 0 Å². The fourth-order valence-corrected chi connectivity index (χ4v) is 1.85. The highest BCUT2D eigenvalue weighted by Gasteiger charge is 2.35. The van der Waals surface area contributed by atoms with Gasteiger partial charge in [0, 0.05) is 12.1 Å². The first-order valence-corrected chi connectivity index (χ1v) is 6.95. The molecular formula is C14H29N3O2. The Kier molecular flexibility index (Phi) is 6.49. The van der Waals surface area contributed by atoms with Crippen LogP contribution in [0, 0.1) is 5.41 Å². The second-order valence-electron chi connectivity index (χ2n) is 6.13. The van der Waals surface area contributed by atoms with E-state index >= 15 is 0 Å². The number of hydrogen-bond acceptors (Lipinski definition) is 3. The molecule has 0 heterocycles. The third kappa shape index (κ3) is 5.19. The van der Waals surface area contributed by atoms with Gasteiger partial charge in [0.05, 0.1) is 5.41 Å². The van der Waals surface area contributed by atoms with E-state index in [1.54, 1.807) is 6.92 Å². The van der Waals surface area contributed by atoms with Crippen LogP contribution < -0.4 is 16.4 Å². The van der Waals surface area contributed by atoms with Gasteiger partial charge >= 0.3 is 0 Å². The molecule has 112 valence electrons. The highest BCUT2D eigenvalue weighted by Crippen LogP contribution is 2.25. The first kappa shape index (κ1) is 17.9. The highest BCUT2D eigenvalue weighted by atomic mass is 16.2. The molecule has 0 fully saturated rings. The normalized spacial score (nSPS) is 13.8. The van der Waals surface area contributed by atoms with Crippen molar-refractivity contribution in [1.29, 1.82) is 0 Å². The van der Waals surface area contributed by atoms with Crippen LogP contribution in [0.15, 0.2) is 0 Å². The quantitative estimate of drug-likeness (QED) is 0.678. The molecule has 19 heavy (non-hydrogen) atoms. The summed E-state index contributed by atoms with van der Waals surface area (Å²) in [6, 6.07) is -0.559. The average Bonchev–Trinajstić information content (AvgIpc) is 2.29. The number of hydrogen-bond donors (Lipinski definition) is 3. The molecule has 4 N–H and O–H groups in total. The van der Waals surface area contributed by atoms with Crippen molar-refractivity contribution in [3.05, 3.63) is 0 Å². The first-order valence-electron chi connectivity index (χ1n) is 6.95. The topological polar surface area (TPSA) is 84.2 Å². The summed E-state index contributed by atoms with van der Waals surface area (Å²) < 4.78 is 0. The second-order valence-corrected chi connectivity index (χ2v) is 6.13. The minimum atomic E-state index is -0.573. The Bertz CT molecular complexity index is 309. The van der Waals surface area contributed by atoms with Gasteiger partial charge in [-0.05, 0) is 40.5 Å². The van der Waals surface area contributed by atoms with Gasteiger partial charge in [-0.15, -0.1) is 0 Å². The molecule has 0 aliphatic heterocycles. The number of carbonyl (C=O) groups is 2. The number of carbonyl (C=O) groups excluding carboxylic acids is 2. The second kappa shape index (κ2) is 6.89. The Morgan fingerprint density at radius 2 is 1.63 bits per heavy atom. The lowest BCUT2D eigenvalue weighted by Gasteiger charge is -2.31. The standard InChI is InChI=1S/C14H29N3O2/c1-7-14(8-2,9-15)12(19)16-10(3)11(18)17-13(4,5)6/h10H,7-9,15H2,1-6H3,(H,16,19)(H,17,18). The molecule has 0 aromatic heterocycles. The van der Waals surface area contributed by atoms with E-state index < -0.39 is 11.5 Å². The SMILES string of the molecule is CCC(CC)(CN)C(=O)NC(C)C(=O)NC(C)(C)C. The largest absolute Gasteiger partial charge is 0.350 e. The van der Waals surface area contributed by atoms with Crippen LogP contribution in [0.5, 0.6) is 0 Å². The molecule has 0 rings (SSSR count). The van der Waals surface area contributed by atoms with Crippen molar-refractivity contribution in [2.75, 3.05) is 6.54 Å². The summed E-state index contributed by atoms with van der Waals surface area (Å²) in [6.07, 6.45) is 1.33. The Morgan fingerprint density at radius 3 is 1.95 bits per heavy atom. The van der Waals surface area contributed by atoms with Crippen LogP contribution in [0.4, 0.5) is 0 Å². The van der Waals surface area contributed by atoms with E-state index in [4.69, 9.17) is 5.73 Å². The van der Waals surface area contributed by atoms with Gasteiger partial charge in [0.2, 0.25) is 11.8 Å². The van der Waals surface area contributed by atoms with Gasteiger partial charge in [0.1, 0.15) is 6.04 Å². The maximum Gasteiger partial charge on any atom is 0.242 e. The summed E-state index contributed by atoms with van der Waals surface area (Å²) in [5, 5.41) is 5.61. The predicted octanol–water partition coefficient (Wildman–Crippen LogP) is 1.17. The van der Waals surface area contributed by atoms with Crippen molar-refractivity contribution in [1.82, 2.24) is 10.6 Å². The maximum atomic E-state index is 12.3. The molecule has 0 aromatic rings. The van der Waals surface area contributed by atoms with Crippen molar-refractivity contribution in [3.8, 4) is 0 Å². The van der Waals surface area contributed by atoms with Crippen LogP contribution in [-0.4, -0.2) is 29.9 Å². The van der Waals surface area contributed by atoms with Crippen LogP contribution in [0.1, 0.15) is 54.4 Å². The number of amides is 2. The van der Waals surface area contributed by atoms with Gasteiger partial charge in [0.25, 0.3) is 0 Å². The Labute approximate surface area is 116 Å². The zero-order valence-electron chi connectivity index (χ0n) is 13.1. The molecule has 0 aliphatic rings. The molecule has 5 heteroatoms. The zero-order valence-corrected chi connectivity index (χ0v) is 13.1. The third-order valence-electron chi connectivity index (χ3n) is 3.47. The summed E-state index contributed by atoms with van der Waals surface area (Å²) in [4.78, 5) is 24.2. The maximum absolute atomic E-state index is 12.3. The Morgan fingerprint density at radius 1 is 1.16 bits per heavy atom. The van der Waals surface area contributed by atoms with E-state index in [0.717, 1.165) is 0 Å². The molecule has 0 saturated heterocycles. The van der Waals surface area contributed by atoms with Crippen molar-refractivity contribution < 1.29 is 9.59 Å². The van der Waals surface area contributed by atoms with E-state index in [1.807, 2.05) is 34.6 Å². The minimum Gasteiger partial charge on any atom is -0.350 e. The summed E-state index contributed by atoms with van der Waals surface area (Å²) in [5.74, 6) is -0.324. The van der Waals surface area contributed by atoms with Crippen molar-refractivity contribution in [3.63, 3.8) is 0 Å². The molecule has 0 saturated carbocycles. The zero-order chi connectivity index (χ0) is 15.3. The van der Waals surface area contributed by atoms with Crippen LogP contribution in [-0.2, 0) is 9.59 Å². The Hall–Kier alpha value is -1.10. The predicted molar refractivity (Wildman–Crippen MR) is 77.6 cm³/mol. The average molecular weight is 271 g/mol. The lowest BCUT2D eigenvalue weighted by atomic mass is 9.81. The van der Waals surface area contributed by atoms with Crippen molar-refractivity contribution in [2.24, 2.45) is 11.1 Å². The van der Waals surface area contributed by atoms with Gasteiger partial charge in [-0.25, -0.2) is 0 Å². The van der Waals surface area contributed by atoms with Gasteiger partial charge in [-0.3, -0.25) is 9.59 Å². The summed E-state index contributed by atoms with van der Waals surface area (Å²) in [6.45, 7) is 11.6. The molecule has 1 atom stereocenters. The lowest BCUT2D eigenvalue weighted by molar-refractivity contribution is -0.135. The summed E-state index contributed by atoms with van der Waals surface area (Å²) in [5.41, 5.74) is 4.84. The summed E-state index contributed by atoms with van der Waals surface area (Å²) in [7, 11) is 0. The van der Waals surface area contributed by atoms with Gasteiger partial charge in [-0.1, -0.05) is 13.8 Å². The van der Waals surface area contributed by atoms with E-state index in [9.17, 15) is 9.59 Å². The summed E-state index contributed by atoms with van der Waals surface area (Å²) >= 11 is 0. The fourth-order valence-electron chi connectivity index (χ4n) is 1.85. The van der Waals surface area contributed by atoms with Crippen molar-refractivity contribution >= 4 is 11.8 Å². The molecule has 0 spiro atoms. The van der Waals surface area contributed by atoms with Crippen LogP contribution in [0.25, 0.3) is 0 Å². The fraction of sp³-hybridized carbons (Fsp3) is 0.857. The third-order valence-corrected chi connectivity index (χ3v) is 3.47. The van der Waals surface area contributed by atoms with E-state index in [-0.39, 0.29) is 17.4 Å². The van der Waals surface area contributed by atoms with Gasteiger partial charge in [0.15, 0.2) is 0 Å². The number of rotatable bonds is 6. The van der Waals surface area contributed by atoms with Gasteiger partial charge < -0.3 is 16.4 Å². The highest BCUT2D eigenvalue weighted by molar-refractivity contribution is 5.90. The van der Waals surface area contributed by atoms with E-state index in [1.165, 1.54) is 0 Å². The molecule has 0 aromatic carbocycles. The van der Waals surface area contributed by atoms with Crippen molar-refractivity contribution in [2.45, 2.75) is 66.0 Å². The minimum absolute atomic E-state index is 0.142. The van der Waals surface area contributed by atoms with Gasteiger partial charge in [-0.2, -0.15) is 0 Å². The van der Waals surface area contributed by atoms with Crippen LogP contribution in [0.3, 0.4) is 0 Å². The number of nitrogens with one attached hydrogen (secondary N) is 2. The molecule has 0 radical (unpaired) electrons. The smallest absolute Gasteiger partial charge is 0.242 e. The molecular weight excluding hydrogens is 242 g/mol. The molecule has 0 aliphatic carbocycles. The lowest BCUT2D eigenvalue weighted by Crippen LogP contribution is -2.54. The Balaban J connectivity index is 4.68. The molecule has 1 unspecified atom stereocenters. The molecule has 2 amide bonds. The van der Waals surface area contributed by atoms with E-state index in [0.29, 0.717) is 19.4 Å². The number of nitrogens with two attached hydrogens (primary N) is 1. The first-order chi connectivity index (χ1) is 8.61. The van der Waals surface area contributed by atoms with Crippen LogP contribution in [0.2, 0.25) is 0 Å².